The van der Waals surface area contributed by atoms with Gasteiger partial charge in [-0.25, -0.2) is 4.79 Å². The van der Waals surface area contributed by atoms with Crippen LogP contribution in [0.3, 0.4) is 0 Å². The molecule has 1 heterocycles. The number of esters is 1. The van der Waals surface area contributed by atoms with E-state index in [0.717, 1.165) is 6.42 Å². The van der Waals surface area contributed by atoms with Crippen molar-refractivity contribution in [2.24, 2.45) is 5.92 Å². The quantitative estimate of drug-likeness (QED) is 0.571. The number of hydrogen-bond donors (Lipinski definition) is 1. The molecule has 1 saturated heterocycles. The topological polar surface area (TPSA) is 55.4 Å². The second-order valence-corrected chi connectivity index (χ2v) is 6.17. The van der Waals surface area contributed by atoms with Crippen LogP contribution in [0.4, 0.5) is 0 Å². The molecule has 0 radical (unpaired) electrons. The molecule has 1 aliphatic heterocycles. The lowest BCUT2D eigenvalue weighted by Gasteiger charge is -2.13. The highest BCUT2D eigenvalue weighted by molar-refractivity contribution is 9.12. The van der Waals surface area contributed by atoms with E-state index in [1.807, 2.05) is 0 Å². The summed E-state index contributed by atoms with van der Waals surface area (Å²) in [7, 11) is 0. The highest BCUT2D eigenvalue weighted by Gasteiger charge is 2.54. The van der Waals surface area contributed by atoms with E-state index in [4.69, 9.17) is 4.74 Å². The average molecular weight is 341 g/mol. The van der Waals surface area contributed by atoms with Crippen molar-refractivity contribution in [2.45, 2.75) is 35.1 Å². The minimum atomic E-state index is -0.477. The number of alkyl halides is 2. The first kappa shape index (κ1) is 11.4. The molecule has 0 spiro atoms. The minimum absolute atomic E-state index is 0.0788. The number of carbonyl (C=O) groups excluding carboxylic acids is 2. The molecule has 0 aromatic heterocycles. The lowest BCUT2D eigenvalue weighted by molar-refractivity contribution is -0.144. The summed E-state index contributed by atoms with van der Waals surface area (Å²) < 4.78 is 5.25. The number of ether oxygens (including phenoxy) is 1. The summed E-state index contributed by atoms with van der Waals surface area (Å²) in [5, 5.41) is 2.65. The average Bonchev–Trinajstić information content (AvgIpc) is 2.56. The summed E-state index contributed by atoms with van der Waals surface area (Å²) in [6, 6.07) is -0.477. The third-order valence-corrected chi connectivity index (χ3v) is 5.68. The normalized spacial score (nSPS) is 43.7. The van der Waals surface area contributed by atoms with Gasteiger partial charge in [-0.15, -0.1) is 0 Å². The molecule has 15 heavy (non-hydrogen) atoms. The van der Waals surface area contributed by atoms with Gasteiger partial charge in [0.2, 0.25) is 5.91 Å². The van der Waals surface area contributed by atoms with Gasteiger partial charge in [0.15, 0.2) is 0 Å². The first-order valence-electron chi connectivity index (χ1n) is 4.76. The predicted octanol–water partition coefficient (Wildman–Crippen LogP) is 0.963. The van der Waals surface area contributed by atoms with Gasteiger partial charge >= 0.3 is 5.97 Å². The lowest BCUT2D eigenvalue weighted by Crippen LogP contribution is -2.41. The van der Waals surface area contributed by atoms with E-state index in [0.29, 0.717) is 0 Å². The molecule has 0 aromatic rings. The van der Waals surface area contributed by atoms with Gasteiger partial charge in [0, 0.05) is 17.7 Å². The molecule has 2 unspecified atom stereocenters. The number of rotatable bonds is 1. The fourth-order valence-electron chi connectivity index (χ4n) is 2.21. The maximum Gasteiger partial charge on any atom is 0.329 e. The fraction of sp³-hybridized carbons (Fsp3) is 0.778. The smallest absolute Gasteiger partial charge is 0.329 e. The van der Waals surface area contributed by atoms with Crippen molar-refractivity contribution in [3.63, 3.8) is 0 Å². The molecule has 0 bridgehead atoms. The molecule has 1 saturated carbocycles. The van der Waals surface area contributed by atoms with Crippen LogP contribution in [0, 0.1) is 5.92 Å². The molecule has 6 heteroatoms. The molecule has 1 aliphatic carbocycles. The Hall–Kier alpha value is -0.100. The van der Waals surface area contributed by atoms with E-state index in [-0.39, 0.29) is 33.6 Å². The number of amides is 1. The van der Waals surface area contributed by atoms with E-state index in [1.165, 1.54) is 6.92 Å². The van der Waals surface area contributed by atoms with Gasteiger partial charge in [-0.05, 0) is 6.42 Å². The lowest BCUT2D eigenvalue weighted by atomic mass is 9.99. The third kappa shape index (κ3) is 1.93. The van der Waals surface area contributed by atoms with Crippen molar-refractivity contribution in [3.8, 4) is 0 Å². The molecule has 2 fully saturated rings. The van der Waals surface area contributed by atoms with Crippen LogP contribution in [-0.2, 0) is 14.3 Å². The van der Waals surface area contributed by atoms with Crippen LogP contribution >= 0.6 is 31.9 Å². The highest BCUT2D eigenvalue weighted by Crippen LogP contribution is 2.43. The molecule has 1 N–H and O–H groups in total. The number of nitrogens with one attached hydrogen (secondary N) is 1. The Morgan fingerprint density at radius 1 is 1.53 bits per heavy atom. The van der Waals surface area contributed by atoms with Crippen LogP contribution in [0.2, 0.25) is 0 Å². The zero-order chi connectivity index (χ0) is 11.2. The van der Waals surface area contributed by atoms with Crippen molar-refractivity contribution in [1.82, 2.24) is 5.32 Å². The molecular formula is C9H11Br2NO3. The molecule has 5 atom stereocenters. The summed E-state index contributed by atoms with van der Waals surface area (Å²) in [5.41, 5.74) is 0. The van der Waals surface area contributed by atoms with Crippen molar-refractivity contribution in [2.75, 3.05) is 0 Å². The van der Waals surface area contributed by atoms with Crippen LogP contribution in [0.25, 0.3) is 0 Å². The number of fused-ring (bicyclic) bond motifs is 1. The molecule has 1 amide bonds. The number of hydrogen-bond acceptors (Lipinski definition) is 3. The largest absolute Gasteiger partial charge is 0.459 e. The van der Waals surface area contributed by atoms with Crippen LogP contribution in [0.1, 0.15) is 13.3 Å². The van der Waals surface area contributed by atoms with Crippen LogP contribution < -0.4 is 5.32 Å². The second kappa shape index (κ2) is 4.05. The summed E-state index contributed by atoms with van der Waals surface area (Å²) in [6.07, 6.45) is 0.704. The first-order valence-corrected chi connectivity index (χ1v) is 6.59. The van der Waals surface area contributed by atoms with Gasteiger partial charge in [0.1, 0.15) is 12.1 Å². The molecule has 2 rings (SSSR count). The number of halogens is 2. The van der Waals surface area contributed by atoms with E-state index < -0.39 is 6.04 Å². The van der Waals surface area contributed by atoms with Gasteiger partial charge in [0.25, 0.3) is 0 Å². The van der Waals surface area contributed by atoms with Crippen molar-refractivity contribution >= 4 is 43.7 Å². The Morgan fingerprint density at radius 3 is 2.80 bits per heavy atom. The summed E-state index contributed by atoms with van der Waals surface area (Å²) in [5.74, 6) is -0.430. The van der Waals surface area contributed by atoms with E-state index in [1.54, 1.807) is 0 Å². The van der Waals surface area contributed by atoms with Crippen LogP contribution in [0.15, 0.2) is 0 Å². The Balaban J connectivity index is 2.13. The van der Waals surface area contributed by atoms with Crippen LogP contribution in [-0.4, -0.2) is 33.7 Å². The summed E-state index contributed by atoms with van der Waals surface area (Å²) in [4.78, 5) is 22.9. The maximum atomic E-state index is 11.5. The molecule has 4 nitrogen and oxygen atoms in total. The Kier molecular flexibility index (Phi) is 3.07. The molecule has 0 aromatic carbocycles. The van der Waals surface area contributed by atoms with E-state index in [9.17, 15) is 9.59 Å². The SMILES string of the molecule is CC(=O)N[C@H]1C(=O)OC2C1C[C@H](Br)[C@H]2Br. The first-order chi connectivity index (χ1) is 7.00. The molecule has 2 aliphatic rings. The fourth-order valence-corrected chi connectivity index (χ4v) is 3.66. The monoisotopic (exact) mass is 339 g/mol. The standard InChI is InChI=1S/C9H11Br2NO3/c1-3(13)12-7-4-2-5(10)6(11)8(4)15-9(7)14/h4-8H,2H2,1H3,(H,12,13)/t4?,5-,6+,7+,8?/m0/s1. The van der Waals surface area contributed by atoms with Crippen molar-refractivity contribution in [1.29, 1.82) is 0 Å². The second-order valence-electron chi connectivity index (χ2n) is 3.94. The third-order valence-electron chi connectivity index (χ3n) is 2.87. The Bertz CT molecular complexity index is 310. The zero-order valence-electron chi connectivity index (χ0n) is 8.07. The Morgan fingerprint density at radius 2 is 2.20 bits per heavy atom. The van der Waals surface area contributed by atoms with Crippen molar-refractivity contribution in [3.05, 3.63) is 0 Å². The predicted molar refractivity (Wildman–Crippen MR) is 61.0 cm³/mol. The minimum Gasteiger partial charge on any atom is -0.459 e. The maximum absolute atomic E-state index is 11.5. The number of carbonyl (C=O) groups is 2. The van der Waals surface area contributed by atoms with Gasteiger partial charge in [-0.2, -0.15) is 0 Å². The Labute approximate surface area is 104 Å². The van der Waals surface area contributed by atoms with Gasteiger partial charge in [-0.3, -0.25) is 4.79 Å². The van der Waals surface area contributed by atoms with E-state index >= 15 is 0 Å². The van der Waals surface area contributed by atoms with Crippen LogP contribution in [0.5, 0.6) is 0 Å². The summed E-state index contributed by atoms with van der Waals surface area (Å²) >= 11 is 7.02. The van der Waals surface area contributed by atoms with E-state index in [2.05, 4.69) is 37.2 Å². The molecule has 84 valence electrons. The highest BCUT2D eigenvalue weighted by atomic mass is 79.9. The van der Waals surface area contributed by atoms with Gasteiger partial charge < -0.3 is 10.1 Å². The van der Waals surface area contributed by atoms with Crippen molar-refractivity contribution < 1.29 is 14.3 Å². The molecular weight excluding hydrogens is 330 g/mol. The van der Waals surface area contributed by atoms with Gasteiger partial charge in [0.05, 0.1) is 4.83 Å². The summed E-state index contributed by atoms with van der Waals surface area (Å²) in [6.45, 7) is 1.41. The van der Waals surface area contributed by atoms with Gasteiger partial charge in [-0.1, -0.05) is 31.9 Å². The zero-order valence-corrected chi connectivity index (χ0v) is 11.2.